The highest BCUT2D eigenvalue weighted by molar-refractivity contribution is 5.94. The molecule has 1 aromatic carbocycles. The van der Waals surface area contributed by atoms with Crippen LogP contribution in [0.1, 0.15) is 30.1 Å². The third kappa shape index (κ3) is 4.12. The summed E-state index contributed by atoms with van der Waals surface area (Å²) in [5.41, 5.74) is 6.36. The zero-order valence-corrected chi connectivity index (χ0v) is 12.7. The molecule has 4 nitrogen and oxygen atoms in total. The maximum atomic E-state index is 12.4. The van der Waals surface area contributed by atoms with Gasteiger partial charge < -0.3 is 15.4 Å². The molecule has 112 valence electrons. The van der Waals surface area contributed by atoms with E-state index in [0.717, 1.165) is 31.7 Å². The largest absolute Gasteiger partial charge is 0.494 e. The van der Waals surface area contributed by atoms with Gasteiger partial charge in [0.25, 0.3) is 5.91 Å². The standard InChI is InChI=1S/C15H22N2O2.ClH/c1-2-8-19-14-5-3-4-13(9-14)15(18)17-7-6-12(10-16)11-17;/h3-5,9,12H,2,6-8,10-11,16H2,1H3;1H. The number of likely N-dealkylation sites (tertiary alicyclic amines) is 1. The summed E-state index contributed by atoms with van der Waals surface area (Å²) in [7, 11) is 0. The molecule has 2 rings (SSSR count). The van der Waals surface area contributed by atoms with Gasteiger partial charge in [-0.3, -0.25) is 4.79 Å². The number of hydrogen-bond acceptors (Lipinski definition) is 3. The average molecular weight is 299 g/mol. The molecular weight excluding hydrogens is 276 g/mol. The van der Waals surface area contributed by atoms with E-state index in [1.54, 1.807) is 0 Å². The van der Waals surface area contributed by atoms with Crippen LogP contribution in [0.3, 0.4) is 0 Å². The second kappa shape index (κ2) is 8.12. The van der Waals surface area contributed by atoms with Crippen molar-refractivity contribution in [3.05, 3.63) is 29.8 Å². The van der Waals surface area contributed by atoms with Crippen molar-refractivity contribution in [2.24, 2.45) is 11.7 Å². The fourth-order valence-corrected chi connectivity index (χ4v) is 2.33. The maximum absolute atomic E-state index is 12.4. The predicted octanol–water partition coefficient (Wildman–Crippen LogP) is 2.32. The fourth-order valence-electron chi connectivity index (χ4n) is 2.33. The minimum Gasteiger partial charge on any atom is -0.494 e. The predicted molar refractivity (Wildman–Crippen MR) is 82.5 cm³/mol. The molecule has 0 aromatic heterocycles. The van der Waals surface area contributed by atoms with E-state index >= 15 is 0 Å². The summed E-state index contributed by atoms with van der Waals surface area (Å²) in [5.74, 6) is 1.30. The first-order valence-corrected chi connectivity index (χ1v) is 6.96. The molecule has 1 atom stereocenters. The Morgan fingerprint density at radius 2 is 2.30 bits per heavy atom. The molecular formula is C15H23ClN2O2. The smallest absolute Gasteiger partial charge is 0.253 e. The van der Waals surface area contributed by atoms with Gasteiger partial charge in [-0.25, -0.2) is 0 Å². The van der Waals surface area contributed by atoms with Crippen LogP contribution in [0.5, 0.6) is 5.75 Å². The van der Waals surface area contributed by atoms with Crippen molar-refractivity contribution in [2.45, 2.75) is 19.8 Å². The number of rotatable bonds is 5. The van der Waals surface area contributed by atoms with Gasteiger partial charge >= 0.3 is 0 Å². The highest BCUT2D eigenvalue weighted by Crippen LogP contribution is 2.20. The number of carbonyl (C=O) groups excluding carboxylic acids is 1. The number of amides is 1. The molecule has 1 fully saturated rings. The van der Waals surface area contributed by atoms with Crippen LogP contribution in [-0.4, -0.2) is 37.0 Å². The topological polar surface area (TPSA) is 55.6 Å². The van der Waals surface area contributed by atoms with Crippen LogP contribution in [0.15, 0.2) is 24.3 Å². The highest BCUT2D eigenvalue weighted by Gasteiger charge is 2.26. The molecule has 1 saturated heterocycles. The zero-order chi connectivity index (χ0) is 13.7. The van der Waals surface area contributed by atoms with E-state index in [1.165, 1.54) is 0 Å². The summed E-state index contributed by atoms with van der Waals surface area (Å²) in [6.45, 7) is 4.97. The molecule has 1 amide bonds. The Balaban J connectivity index is 0.00000200. The monoisotopic (exact) mass is 298 g/mol. The van der Waals surface area contributed by atoms with Crippen LogP contribution >= 0.6 is 12.4 Å². The van der Waals surface area contributed by atoms with Gasteiger partial charge in [0.2, 0.25) is 0 Å². The van der Waals surface area contributed by atoms with Gasteiger partial charge in [0.15, 0.2) is 0 Å². The Kier molecular flexibility index (Phi) is 6.82. The fraction of sp³-hybridized carbons (Fsp3) is 0.533. The van der Waals surface area contributed by atoms with Crippen molar-refractivity contribution in [1.29, 1.82) is 0 Å². The summed E-state index contributed by atoms with van der Waals surface area (Å²) in [6, 6.07) is 7.43. The SMILES string of the molecule is CCCOc1cccc(C(=O)N2CCC(CN)C2)c1.Cl. The van der Waals surface area contributed by atoms with E-state index < -0.39 is 0 Å². The molecule has 0 aliphatic carbocycles. The lowest BCUT2D eigenvalue weighted by molar-refractivity contribution is 0.0787. The number of halogens is 1. The van der Waals surface area contributed by atoms with Gasteiger partial charge in [0.1, 0.15) is 5.75 Å². The normalized spacial score (nSPS) is 17.7. The summed E-state index contributed by atoms with van der Waals surface area (Å²) in [4.78, 5) is 14.2. The second-order valence-electron chi connectivity index (χ2n) is 5.02. The van der Waals surface area contributed by atoms with Crippen LogP contribution in [0.2, 0.25) is 0 Å². The van der Waals surface area contributed by atoms with E-state index in [4.69, 9.17) is 10.5 Å². The van der Waals surface area contributed by atoms with Crippen molar-refractivity contribution in [2.75, 3.05) is 26.2 Å². The van der Waals surface area contributed by atoms with E-state index in [2.05, 4.69) is 6.92 Å². The van der Waals surface area contributed by atoms with Crippen LogP contribution in [0, 0.1) is 5.92 Å². The van der Waals surface area contributed by atoms with Crippen LogP contribution in [0.25, 0.3) is 0 Å². The van der Waals surface area contributed by atoms with Gasteiger partial charge in [-0.05, 0) is 43.5 Å². The number of benzene rings is 1. The first-order chi connectivity index (χ1) is 9.24. The molecule has 20 heavy (non-hydrogen) atoms. The molecule has 5 heteroatoms. The Morgan fingerprint density at radius 3 is 2.95 bits per heavy atom. The van der Waals surface area contributed by atoms with Gasteiger partial charge in [0, 0.05) is 18.7 Å². The number of nitrogens with two attached hydrogens (primary N) is 1. The lowest BCUT2D eigenvalue weighted by Gasteiger charge is -2.16. The molecule has 2 N–H and O–H groups in total. The highest BCUT2D eigenvalue weighted by atomic mass is 35.5. The van der Waals surface area contributed by atoms with Crippen molar-refractivity contribution in [3.8, 4) is 5.75 Å². The second-order valence-corrected chi connectivity index (χ2v) is 5.02. The van der Waals surface area contributed by atoms with Crippen molar-refractivity contribution in [1.82, 2.24) is 4.90 Å². The van der Waals surface area contributed by atoms with E-state index in [1.807, 2.05) is 29.2 Å². The Morgan fingerprint density at radius 1 is 1.50 bits per heavy atom. The quantitative estimate of drug-likeness (QED) is 0.907. The van der Waals surface area contributed by atoms with Gasteiger partial charge in [0.05, 0.1) is 6.61 Å². The summed E-state index contributed by atoms with van der Waals surface area (Å²) in [6.07, 6.45) is 1.97. The molecule has 1 aromatic rings. The average Bonchev–Trinajstić information content (AvgIpc) is 2.93. The molecule has 1 unspecified atom stereocenters. The number of nitrogens with zero attached hydrogens (tertiary/aromatic N) is 1. The molecule has 0 radical (unpaired) electrons. The molecule has 0 saturated carbocycles. The van der Waals surface area contributed by atoms with Crippen molar-refractivity contribution >= 4 is 18.3 Å². The molecule has 0 bridgehead atoms. The number of carbonyl (C=O) groups is 1. The van der Waals surface area contributed by atoms with Crippen molar-refractivity contribution in [3.63, 3.8) is 0 Å². The van der Waals surface area contributed by atoms with Gasteiger partial charge in [-0.2, -0.15) is 0 Å². The molecule has 1 aliphatic heterocycles. The molecule has 1 heterocycles. The van der Waals surface area contributed by atoms with E-state index in [-0.39, 0.29) is 18.3 Å². The minimum atomic E-state index is 0. The lowest BCUT2D eigenvalue weighted by atomic mass is 10.1. The maximum Gasteiger partial charge on any atom is 0.253 e. The summed E-state index contributed by atoms with van der Waals surface area (Å²) >= 11 is 0. The zero-order valence-electron chi connectivity index (χ0n) is 11.9. The van der Waals surface area contributed by atoms with Crippen molar-refractivity contribution < 1.29 is 9.53 Å². The van der Waals surface area contributed by atoms with Crippen LogP contribution in [0.4, 0.5) is 0 Å². The Labute approximate surface area is 126 Å². The summed E-state index contributed by atoms with van der Waals surface area (Å²) < 4.78 is 5.56. The number of ether oxygens (including phenoxy) is 1. The van der Waals surface area contributed by atoms with E-state index in [0.29, 0.717) is 24.6 Å². The first-order valence-electron chi connectivity index (χ1n) is 6.96. The first kappa shape index (κ1) is 16.8. The summed E-state index contributed by atoms with van der Waals surface area (Å²) in [5, 5.41) is 0. The third-order valence-corrected chi connectivity index (χ3v) is 3.46. The van der Waals surface area contributed by atoms with Gasteiger partial charge in [-0.15, -0.1) is 12.4 Å². The number of hydrogen-bond donors (Lipinski definition) is 1. The lowest BCUT2D eigenvalue weighted by Crippen LogP contribution is -2.29. The molecule has 0 spiro atoms. The molecule has 1 aliphatic rings. The van der Waals surface area contributed by atoms with E-state index in [9.17, 15) is 4.79 Å². The third-order valence-electron chi connectivity index (χ3n) is 3.46. The van der Waals surface area contributed by atoms with Gasteiger partial charge in [-0.1, -0.05) is 13.0 Å². The minimum absolute atomic E-state index is 0. The van der Waals surface area contributed by atoms with Crippen LogP contribution in [-0.2, 0) is 0 Å². The Hall–Kier alpha value is -1.26. The van der Waals surface area contributed by atoms with Crippen LogP contribution < -0.4 is 10.5 Å². The Bertz CT molecular complexity index is 440.